The molecular formula is C19H21NO7. The molecule has 5 N–H and O–H groups in total. The van der Waals surface area contributed by atoms with Crippen LogP contribution in [0.1, 0.15) is 17.5 Å². The van der Waals surface area contributed by atoms with Crippen molar-refractivity contribution in [3.05, 3.63) is 53.6 Å². The highest BCUT2D eigenvalue weighted by molar-refractivity contribution is 6.27. The molecule has 0 bridgehead atoms. The Morgan fingerprint density at radius 2 is 1.63 bits per heavy atom. The Morgan fingerprint density at radius 1 is 1.00 bits per heavy atom. The number of carboxylic acids is 2. The van der Waals surface area contributed by atoms with Crippen LogP contribution in [0.3, 0.4) is 0 Å². The summed E-state index contributed by atoms with van der Waals surface area (Å²) in [6.07, 6.45) is 2.07. The van der Waals surface area contributed by atoms with Crippen LogP contribution in [0.2, 0.25) is 0 Å². The number of aromatic hydroxyl groups is 2. The van der Waals surface area contributed by atoms with Crippen molar-refractivity contribution in [1.82, 2.24) is 5.32 Å². The summed E-state index contributed by atoms with van der Waals surface area (Å²) in [5.74, 6) is -2.33. The third kappa shape index (κ3) is 6.52. The van der Waals surface area contributed by atoms with Gasteiger partial charge in [0.2, 0.25) is 0 Å². The van der Waals surface area contributed by atoms with E-state index in [1.807, 2.05) is 18.2 Å². The van der Waals surface area contributed by atoms with Crippen LogP contribution in [-0.2, 0) is 22.6 Å². The van der Waals surface area contributed by atoms with Crippen LogP contribution in [0.15, 0.2) is 42.5 Å². The van der Waals surface area contributed by atoms with Crippen LogP contribution in [-0.4, -0.2) is 45.0 Å². The fraction of sp³-hybridized carbons (Fsp3) is 0.263. The lowest BCUT2D eigenvalue weighted by Gasteiger charge is -2.26. The minimum atomic E-state index is -1.82. The smallest absolute Gasteiger partial charge is 0.414 e. The molecule has 0 aromatic heterocycles. The maximum atomic E-state index is 9.51. The predicted molar refractivity (Wildman–Crippen MR) is 95.9 cm³/mol. The number of hydrogen-bond donors (Lipinski definition) is 5. The maximum Gasteiger partial charge on any atom is 0.414 e. The molecule has 0 saturated carbocycles. The highest BCUT2D eigenvalue weighted by Gasteiger charge is 2.19. The number of rotatable bonds is 4. The number of benzene rings is 2. The van der Waals surface area contributed by atoms with E-state index in [1.165, 1.54) is 0 Å². The summed E-state index contributed by atoms with van der Waals surface area (Å²) in [5, 5.41) is 36.9. The average molecular weight is 375 g/mol. The SMILES string of the molecule is O=C(O)C(=O)O.Oc1ccc(CNCC2CCc3ccc(O)cc3O2)cc1. The third-order valence-corrected chi connectivity index (χ3v) is 3.90. The molecule has 0 aliphatic carbocycles. The second-order valence-corrected chi connectivity index (χ2v) is 5.98. The maximum absolute atomic E-state index is 9.51. The van der Waals surface area contributed by atoms with Crippen LogP contribution in [0, 0.1) is 0 Å². The summed E-state index contributed by atoms with van der Waals surface area (Å²) >= 11 is 0. The molecule has 1 heterocycles. The normalized spacial score (nSPS) is 14.9. The number of carbonyl (C=O) groups is 2. The van der Waals surface area contributed by atoms with Crippen LogP contribution in [0.5, 0.6) is 17.2 Å². The molecule has 8 heteroatoms. The molecule has 0 spiro atoms. The Labute approximate surface area is 155 Å². The number of nitrogens with one attached hydrogen (secondary N) is 1. The Kier molecular flexibility index (Phi) is 7.01. The summed E-state index contributed by atoms with van der Waals surface area (Å²) < 4.78 is 5.91. The van der Waals surface area contributed by atoms with Crippen molar-refractivity contribution in [2.45, 2.75) is 25.5 Å². The Hall–Kier alpha value is -3.26. The highest BCUT2D eigenvalue weighted by atomic mass is 16.5. The first kappa shape index (κ1) is 20.1. The van der Waals surface area contributed by atoms with Gasteiger partial charge in [-0.3, -0.25) is 0 Å². The van der Waals surface area contributed by atoms with E-state index in [-0.39, 0.29) is 17.6 Å². The number of phenolic OH excluding ortho intramolecular Hbond substituents is 2. The Balaban J connectivity index is 0.000000380. The molecule has 0 saturated heterocycles. The van der Waals surface area contributed by atoms with E-state index in [0.717, 1.165) is 42.8 Å². The van der Waals surface area contributed by atoms with Gasteiger partial charge in [0, 0.05) is 19.2 Å². The minimum Gasteiger partial charge on any atom is -0.508 e. The molecule has 1 unspecified atom stereocenters. The molecule has 3 rings (SSSR count). The third-order valence-electron chi connectivity index (χ3n) is 3.90. The molecule has 1 aliphatic rings. The van der Waals surface area contributed by atoms with Gasteiger partial charge in [-0.1, -0.05) is 18.2 Å². The standard InChI is InChI=1S/C17H19NO3.C2H2O4/c19-14-5-1-12(2-6-14)10-18-11-16-8-4-13-3-7-15(20)9-17(13)21-16;3-1(4)2(5)6/h1-3,5-7,9,16,18-20H,4,8,10-11H2;(H,3,4)(H,5,6). The summed E-state index contributed by atoms with van der Waals surface area (Å²) in [4.78, 5) is 18.2. The lowest BCUT2D eigenvalue weighted by atomic mass is 10.0. The largest absolute Gasteiger partial charge is 0.508 e. The van der Waals surface area contributed by atoms with Crippen molar-refractivity contribution in [1.29, 1.82) is 0 Å². The highest BCUT2D eigenvalue weighted by Crippen LogP contribution is 2.30. The zero-order valence-electron chi connectivity index (χ0n) is 14.5. The van der Waals surface area contributed by atoms with Crippen molar-refractivity contribution in [3.63, 3.8) is 0 Å². The fourth-order valence-corrected chi connectivity index (χ4v) is 2.55. The topological polar surface area (TPSA) is 136 Å². The van der Waals surface area contributed by atoms with E-state index in [2.05, 4.69) is 5.32 Å². The number of hydrogen-bond acceptors (Lipinski definition) is 6. The van der Waals surface area contributed by atoms with E-state index < -0.39 is 11.9 Å². The van der Waals surface area contributed by atoms with Crippen molar-refractivity contribution < 1.29 is 34.8 Å². The summed E-state index contributed by atoms with van der Waals surface area (Å²) in [6.45, 7) is 1.50. The first-order chi connectivity index (χ1) is 12.8. The quantitative estimate of drug-likeness (QED) is 0.510. The van der Waals surface area contributed by atoms with Gasteiger partial charge in [0.1, 0.15) is 23.4 Å². The van der Waals surface area contributed by atoms with Gasteiger partial charge in [-0.25, -0.2) is 9.59 Å². The van der Waals surface area contributed by atoms with Gasteiger partial charge in [-0.2, -0.15) is 0 Å². The molecular weight excluding hydrogens is 354 g/mol. The lowest BCUT2D eigenvalue weighted by molar-refractivity contribution is -0.159. The van der Waals surface area contributed by atoms with E-state index in [0.29, 0.717) is 0 Å². The summed E-state index contributed by atoms with van der Waals surface area (Å²) in [6, 6.07) is 12.5. The Morgan fingerprint density at radius 3 is 2.26 bits per heavy atom. The zero-order valence-corrected chi connectivity index (χ0v) is 14.5. The number of fused-ring (bicyclic) bond motifs is 1. The average Bonchev–Trinajstić information content (AvgIpc) is 2.63. The summed E-state index contributed by atoms with van der Waals surface area (Å²) in [5.41, 5.74) is 2.28. The second kappa shape index (κ2) is 9.44. The predicted octanol–water partition coefficient (Wildman–Crippen LogP) is 1.74. The first-order valence-corrected chi connectivity index (χ1v) is 8.28. The minimum absolute atomic E-state index is 0.122. The van der Waals surface area contributed by atoms with Crippen LogP contribution in [0.25, 0.3) is 0 Å². The van der Waals surface area contributed by atoms with E-state index in [4.69, 9.17) is 24.5 Å². The fourth-order valence-electron chi connectivity index (χ4n) is 2.55. The lowest BCUT2D eigenvalue weighted by Crippen LogP contribution is -2.33. The molecule has 27 heavy (non-hydrogen) atoms. The van der Waals surface area contributed by atoms with Crippen LogP contribution >= 0.6 is 0 Å². The van der Waals surface area contributed by atoms with Crippen molar-refractivity contribution >= 4 is 11.9 Å². The van der Waals surface area contributed by atoms with Crippen LogP contribution < -0.4 is 10.1 Å². The number of aliphatic carboxylic acids is 2. The van der Waals surface area contributed by atoms with Gasteiger partial charge in [0.25, 0.3) is 0 Å². The van der Waals surface area contributed by atoms with Crippen molar-refractivity contribution in [2.24, 2.45) is 0 Å². The molecule has 0 radical (unpaired) electrons. The Bertz CT molecular complexity index is 777. The van der Waals surface area contributed by atoms with E-state index in [1.54, 1.807) is 24.3 Å². The molecule has 2 aromatic carbocycles. The molecule has 0 fully saturated rings. The number of aryl methyl sites for hydroxylation is 1. The molecule has 1 atom stereocenters. The zero-order chi connectivity index (χ0) is 19.8. The van der Waals surface area contributed by atoms with Crippen molar-refractivity contribution in [2.75, 3.05) is 6.54 Å². The van der Waals surface area contributed by atoms with E-state index >= 15 is 0 Å². The van der Waals surface area contributed by atoms with Gasteiger partial charge in [-0.05, 0) is 42.2 Å². The number of ether oxygens (including phenoxy) is 1. The van der Waals surface area contributed by atoms with Gasteiger partial charge in [0.05, 0.1) is 0 Å². The van der Waals surface area contributed by atoms with E-state index in [9.17, 15) is 10.2 Å². The van der Waals surface area contributed by atoms with Gasteiger partial charge >= 0.3 is 11.9 Å². The van der Waals surface area contributed by atoms with Crippen molar-refractivity contribution in [3.8, 4) is 17.2 Å². The summed E-state index contributed by atoms with van der Waals surface area (Å²) in [7, 11) is 0. The molecule has 0 amide bonds. The molecule has 144 valence electrons. The first-order valence-electron chi connectivity index (χ1n) is 8.28. The number of carboxylic acid groups (broad SMARTS) is 2. The van der Waals surface area contributed by atoms with Gasteiger partial charge < -0.3 is 30.5 Å². The molecule has 8 nitrogen and oxygen atoms in total. The monoisotopic (exact) mass is 375 g/mol. The van der Waals surface area contributed by atoms with Crippen LogP contribution in [0.4, 0.5) is 0 Å². The number of phenols is 2. The molecule has 2 aromatic rings. The van der Waals surface area contributed by atoms with Gasteiger partial charge in [0.15, 0.2) is 0 Å². The molecule has 1 aliphatic heterocycles. The van der Waals surface area contributed by atoms with Gasteiger partial charge in [-0.15, -0.1) is 0 Å². The second-order valence-electron chi connectivity index (χ2n) is 5.98.